The first-order valence-corrected chi connectivity index (χ1v) is 6.97. The van der Waals surface area contributed by atoms with Gasteiger partial charge in [-0.25, -0.2) is 12.8 Å². The van der Waals surface area contributed by atoms with Crippen LogP contribution < -0.4 is 0 Å². The Labute approximate surface area is 116 Å². The van der Waals surface area contributed by atoms with Crippen LogP contribution in [-0.2, 0) is 19.6 Å². The number of aryl methyl sites for hydroxylation is 1. The minimum absolute atomic E-state index is 0.295. The lowest BCUT2D eigenvalue weighted by Crippen LogP contribution is -2.36. The average Bonchev–Trinajstić information content (AvgIpc) is 2.40. The number of rotatable bonds is 5. The summed E-state index contributed by atoms with van der Waals surface area (Å²) in [6, 6.07) is 5.03. The van der Waals surface area contributed by atoms with Crippen LogP contribution in [0.1, 0.15) is 5.56 Å². The summed E-state index contributed by atoms with van der Waals surface area (Å²) in [7, 11) is -3.04. The summed E-state index contributed by atoms with van der Waals surface area (Å²) in [6.45, 7) is 0.349. The largest absolute Gasteiger partial charge is 0.468 e. The van der Waals surface area contributed by atoms with Crippen molar-refractivity contribution >= 4 is 16.0 Å². The topological polar surface area (TPSA) is 87.5 Å². The third-order valence-electron chi connectivity index (χ3n) is 2.56. The summed E-state index contributed by atoms with van der Waals surface area (Å²) < 4.78 is 42.9. The minimum Gasteiger partial charge on any atom is -0.468 e. The number of carbonyl (C=O) groups excluding carboxylic acids is 1. The van der Waals surface area contributed by atoms with Crippen molar-refractivity contribution in [3.63, 3.8) is 0 Å². The monoisotopic (exact) mass is 300 g/mol. The lowest BCUT2D eigenvalue weighted by molar-refractivity contribution is -0.140. The van der Waals surface area contributed by atoms with Gasteiger partial charge in [-0.2, -0.15) is 9.57 Å². The number of sulfonamides is 1. The molecule has 0 bridgehead atoms. The first-order valence-electron chi connectivity index (χ1n) is 5.53. The fraction of sp³-hybridized carbons (Fsp3) is 0.333. The number of nitrogens with zero attached hydrogens (tertiary/aromatic N) is 2. The van der Waals surface area contributed by atoms with Gasteiger partial charge in [-0.3, -0.25) is 4.79 Å². The highest BCUT2D eigenvalue weighted by atomic mass is 32.2. The van der Waals surface area contributed by atoms with Crippen LogP contribution >= 0.6 is 0 Å². The highest BCUT2D eigenvalue weighted by molar-refractivity contribution is 7.89. The van der Waals surface area contributed by atoms with E-state index in [0.717, 1.165) is 13.2 Å². The van der Waals surface area contributed by atoms with Crippen LogP contribution in [0.2, 0.25) is 0 Å². The van der Waals surface area contributed by atoms with E-state index >= 15 is 0 Å². The van der Waals surface area contributed by atoms with Crippen LogP contribution in [0, 0.1) is 24.1 Å². The third kappa shape index (κ3) is 3.53. The molecule has 0 aliphatic carbocycles. The van der Waals surface area contributed by atoms with Gasteiger partial charge in [0.15, 0.2) is 0 Å². The van der Waals surface area contributed by atoms with E-state index in [2.05, 4.69) is 4.74 Å². The van der Waals surface area contributed by atoms with E-state index in [1.165, 1.54) is 19.1 Å². The van der Waals surface area contributed by atoms with Gasteiger partial charge in [0.1, 0.15) is 18.9 Å². The number of methoxy groups -OCH3 is 1. The van der Waals surface area contributed by atoms with E-state index in [1.54, 1.807) is 6.07 Å². The second-order valence-electron chi connectivity index (χ2n) is 3.92. The lowest BCUT2D eigenvalue weighted by atomic mass is 10.2. The maximum Gasteiger partial charge on any atom is 0.321 e. The molecule has 20 heavy (non-hydrogen) atoms. The van der Waals surface area contributed by atoms with Crippen LogP contribution in [0.25, 0.3) is 0 Å². The molecule has 0 aromatic heterocycles. The van der Waals surface area contributed by atoms with E-state index in [4.69, 9.17) is 5.26 Å². The maximum atomic E-state index is 13.4. The summed E-state index contributed by atoms with van der Waals surface area (Å²) in [6.07, 6.45) is 0. The Hall–Kier alpha value is -1.98. The number of hydrogen-bond acceptors (Lipinski definition) is 5. The smallest absolute Gasteiger partial charge is 0.321 e. The zero-order valence-electron chi connectivity index (χ0n) is 11.0. The van der Waals surface area contributed by atoms with Gasteiger partial charge in [0.2, 0.25) is 10.0 Å². The van der Waals surface area contributed by atoms with Crippen molar-refractivity contribution in [3.8, 4) is 6.07 Å². The van der Waals surface area contributed by atoms with Crippen molar-refractivity contribution in [3.05, 3.63) is 29.6 Å². The van der Waals surface area contributed by atoms with Crippen LogP contribution in [0.3, 0.4) is 0 Å². The molecule has 1 aromatic rings. The second-order valence-corrected chi connectivity index (χ2v) is 5.86. The highest BCUT2D eigenvalue weighted by Crippen LogP contribution is 2.18. The Morgan fingerprint density at radius 2 is 2.15 bits per heavy atom. The van der Waals surface area contributed by atoms with Crippen LogP contribution in [0.4, 0.5) is 4.39 Å². The molecule has 0 N–H and O–H groups in total. The van der Waals surface area contributed by atoms with Crippen LogP contribution in [0.5, 0.6) is 0 Å². The summed E-state index contributed by atoms with van der Waals surface area (Å²) in [5.41, 5.74) is 0.295. The fourth-order valence-electron chi connectivity index (χ4n) is 1.40. The summed E-state index contributed by atoms with van der Waals surface area (Å²) in [5, 5.41) is 8.65. The van der Waals surface area contributed by atoms with Gasteiger partial charge in [0.25, 0.3) is 0 Å². The summed E-state index contributed by atoms with van der Waals surface area (Å²) >= 11 is 0. The van der Waals surface area contributed by atoms with Gasteiger partial charge in [0.05, 0.1) is 18.1 Å². The molecule has 1 aromatic carbocycles. The van der Waals surface area contributed by atoms with Crippen molar-refractivity contribution in [1.82, 2.24) is 4.31 Å². The molecule has 6 nitrogen and oxygen atoms in total. The standard InChI is InChI=1S/C12H13FN2O4S/c1-9-3-4-10(7-11(9)13)20(17,18)15(6-5-14)8-12(16)19-2/h3-4,7H,6,8H2,1-2H3. The van der Waals surface area contributed by atoms with Crippen molar-refractivity contribution in [2.75, 3.05) is 20.2 Å². The normalized spacial score (nSPS) is 11.2. The molecule has 0 amide bonds. The van der Waals surface area contributed by atoms with Crippen LogP contribution in [0.15, 0.2) is 23.1 Å². The molecule has 0 fully saturated rings. The Morgan fingerprint density at radius 1 is 1.50 bits per heavy atom. The Morgan fingerprint density at radius 3 is 2.65 bits per heavy atom. The number of ether oxygens (including phenoxy) is 1. The molecule has 0 saturated carbocycles. The molecule has 1 rings (SSSR count). The molecule has 108 valence electrons. The number of benzene rings is 1. The van der Waals surface area contributed by atoms with Crippen molar-refractivity contribution in [2.24, 2.45) is 0 Å². The summed E-state index contributed by atoms with van der Waals surface area (Å²) in [5.74, 6) is -1.49. The fourth-order valence-corrected chi connectivity index (χ4v) is 2.69. The Kier molecular flexibility index (Phi) is 5.19. The first-order chi connectivity index (χ1) is 9.32. The van der Waals surface area contributed by atoms with Gasteiger partial charge in [0, 0.05) is 0 Å². The predicted octanol–water partition coefficient (Wildman–Crippen LogP) is 0.821. The van der Waals surface area contributed by atoms with Crippen molar-refractivity contribution < 1.29 is 22.3 Å². The maximum absolute atomic E-state index is 13.4. The molecule has 0 aliphatic rings. The SMILES string of the molecule is COC(=O)CN(CC#N)S(=O)(=O)c1ccc(C)c(F)c1. The molecule has 0 unspecified atom stereocenters. The number of halogens is 1. The van der Waals surface area contributed by atoms with Crippen LogP contribution in [-0.4, -0.2) is 38.9 Å². The van der Waals surface area contributed by atoms with Gasteiger partial charge in [-0.15, -0.1) is 0 Å². The predicted molar refractivity (Wildman–Crippen MR) is 67.5 cm³/mol. The quantitative estimate of drug-likeness (QED) is 0.593. The molecule has 0 saturated heterocycles. The molecular formula is C12H13FN2O4S. The number of carbonyl (C=O) groups is 1. The van der Waals surface area contributed by atoms with E-state index in [-0.39, 0.29) is 4.90 Å². The second kappa shape index (κ2) is 6.45. The number of nitriles is 1. The van der Waals surface area contributed by atoms with Crippen molar-refractivity contribution in [1.29, 1.82) is 5.26 Å². The third-order valence-corrected chi connectivity index (χ3v) is 4.35. The zero-order chi connectivity index (χ0) is 15.3. The summed E-state index contributed by atoms with van der Waals surface area (Å²) in [4.78, 5) is 10.9. The number of esters is 1. The Balaban J connectivity index is 3.19. The zero-order valence-corrected chi connectivity index (χ0v) is 11.8. The van der Waals surface area contributed by atoms with Gasteiger partial charge in [-0.05, 0) is 24.6 Å². The van der Waals surface area contributed by atoms with Gasteiger partial charge < -0.3 is 4.74 Å². The molecule has 0 atom stereocenters. The minimum atomic E-state index is -4.14. The Bertz CT molecular complexity index is 652. The molecule has 0 radical (unpaired) electrons. The van der Waals surface area contributed by atoms with E-state index in [1.807, 2.05) is 0 Å². The van der Waals surface area contributed by atoms with E-state index in [0.29, 0.717) is 9.87 Å². The molecule has 8 heteroatoms. The van der Waals surface area contributed by atoms with Gasteiger partial charge in [-0.1, -0.05) is 6.07 Å². The molecule has 0 spiro atoms. The van der Waals surface area contributed by atoms with E-state index in [9.17, 15) is 17.6 Å². The molecule has 0 aliphatic heterocycles. The van der Waals surface area contributed by atoms with E-state index < -0.39 is 34.9 Å². The van der Waals surface area contributed by atoms with Gasteiger partial charge >= 0.3 is 5.97 Å². The number of hydrogen-bond donors (Lipinski definition) is 0. The first kappa shape index (κ1) is 16.1. The lowest BCUT2D eigenvalue weighted by Gasteiger charge is -2.18. The molecular weight excluding hydrogens is 287 g/mol. The highest BCUT2D eigenvalue weighted by Gasteiger charge is 2.27. The molecule has 0 heterocycles. The van der Waals surface area contributed by atoms with Crippen molar-refractivity contribution in [2.45, 2.75) is 11.8 Å². The average molecular weight is 300 g/mol.